The highest BCUT2D eigenvalue weighted by atomic mass is 19.4. The van der Waals surface area contributed by atoms with E-state index in [4.69, 9.17) is 10.00 Å². The van der Waals surface area contributed by atoms with Gasteiger partial charge in [0.1, 0.15) is 12.4 Å². The lowest BCUT2D eigenvalue weighted by atomic mass is 10.1. The minimum atomic E-state index is -4.53. The lowest BCUT2D eigenvalue weighted by Crippen LogP contribution is -2.17. The first-order valence-corrected chi connectivity index (χ1v) is 4.87. The largest absolute Gasteiger partial charge is 0.492 e. The van der Waals surface area contributed by atoms with Crippen LogP contribution in [0.2, 0.25) is 0 Å². The average Bonchev–Trinajstić information content (AvgIpc) is 2.28. The van der Waals surface area contributed by atoms with Crippen LogP contribution in [-0.4, -0.2) is 20.2 Å². The van der Waals surface area contributed by atoms with Crippen LogP contribution in [-0.2, 0) is 6.18 Å². The van der Waals surface area contributed by atoms with Gasteiger partial charge in [-0.1, -0.05) is 0 Å². The van der Waals surface area contributed by atoms with Gasteiger partial charge in [0.05, 0.1) is 17.2 Å². The van der Waals surface area contributed by atoms with E-state index in [0.29, 0.717) is 6.54 Å². The van der Waals surface area contributed by atoms with Crippen LogP contribution in [0.3, 0.4) is 0 Å². The van der Waals surface area contributed by atoms with Crippen LogP contribution < -0.4 is 10.1 Å². The maximum Gasteiger partial charge on any atom is 0.420 e. The van der Waals surface area contributed by atoms with Crippen LogP contribution in [0, 0.1) is 11.3 Å². The number of benzene rings is 1. The molecule has 0 bridgehead atoms. The van der Waals surface area contributed by atoms with E-state index in [-0.39, 0.29) is 17.9 Å². The van der Waals surface area contributed by atoms with Gasteiger partial charge in [0.15, 0.2) is 0 Å². The Balaban J connectivity index is 3.00. The van der Waals surface area contributed by atoms with Crippen molar-refractivity contribution < 1.29 is 17.9 Å². The lowest BCUT2D eigenvalue weighted by Gasteiger charge is -2.14. The molecule has 17 heavy (non-hydrogen) atoms. The van der Waals surface area contributed by atoms with Crippen LogP contribution >= 0.6 is 0 Å². The Kier molecular flexibility index (Phi) is 4.35. The third-order valence-electron chi connectivity index (χ3n) is 2.02. The van der Waals surface area contributed by atoms with Gasteiger partial charge in [0.25, 0.3) is 0 Å². The van der Waals surface area contributed by atoms with Crippen molar-refractivity contribution in [1.29, 1.82) is 5.26 Å². The van der Waals surface area contributed by atoms with Crippen molar-refractivity contribution in [3.05, 3.63) is 29.3 Å². The molecule has 0 atom stereocenters. The summed E-state index contributed by atoms with van der Waals surface area (Å²) >= 11 is 0. The molecule has 1 aromatic rings. The molecule has 0 aliphatic carbocycles. The van der Waals surface area contributed by atoms with E-state index in [0.717, 1.165) is 12.1 Å². The molecule has 0 saturated heterocycles. The molecule has 0 fully saturated rings. The summed E-state index contributed by atoms with van der Waals surface area (Å²) in [4.78, 5) is 0. The van der Waals surface area contributed by atoms with Crippen LogP contribution in [0.15, 0.2) is 18.2 Å². The van der Waals surface area contributed by atoms with Crippen LogP contribution in [0.1, 0.15) is 11.1 Å². The summed E-state index contributed by atoms with van der Waals surface area (Å²) in [6.45, 7) is 0.572. The summed E-state index contributed by atoms with van der Waals surface area (Å²) in [7, 11) is 1.67. The summed E-state index contributed by atoms with van der Waals surface area (Å²) in [5.41, 5.74) is -0.967. The quantitative estimate of drug-likeness (QED) is 0.825. The molecule has 0 heterocycles. The number of alkyl halides is 3. The number of ether oxygens (including phenoxy) is 1. The molecule has 1 N–H and O–H groups in total. The van der Waals surface area contributed by atoms with E-state index in [1.54, 1.807) is 13.1 Å². The van der Waals surface area contributed by atoms with Crippen LogP contribution in [0.4, 0.5) is 13.2 Å². The molecule has 0 spiro atoms. The number of halogens is 3. The van der Waals surface area contributed by atoms with Gasteiger partial charge in [-0.15, -0.1) is 0 Å². The fraction of sp³-hybridized carbons (Fsp3) is 0.364. The topological polar surface area (TPSA) is 45.0 Å². The Bertz CT molecular complexity index is 424. The molecule has 0 radical (unpaired) electrons. The molecule has 1 aromatic carbocycles. The van der Waals surface area contributed by atoms with Crippen molar-refractivity contribution in [3.63, 3.8) is 0 Å². The molecule has 0 aliphatic heterocycles. The van der Waals surface area contributed by atoms with Crippen molar-refractivity contribution in [2.75, 3.05) is 20.2 Å². The maximum atomic E-state index is 12.7. The highest BCUT2D eigenvalue weighted by molar-refractivity contribution is 5.43. The van der Waals surface area contributed by atoms with E-state index < -0.39 is 11.7 Å². The number of hydrogen-bond acceptors (Lipinski definition) is 3. The zero-order valence-electron chi connectivity index (χ0n) is 9.14. The normalized spacial score (nSPS) is 11.0. The molecule has 6 heteroatoms. The Hall–Kier alpha value is -1.74. The molecular weight excluding hydrogens is 233 g/mol. The van der Waals surface area contributed by atoms with Gasteiger partial charge in [-0.25, -0.2) is 0 Å². The fourth-order valence-electron chi connectivity index (χ4n) is 1.21. The molecule has 0 aliphatic rings. The van der Waals surface area contributed by atoms with E-state index in [1.807, 2.05) is 0 Å². The molecular formula is C11H11F3N2O. The minimum absolute atomic E-state index is 0.0432. The monoisotopic (exact) mass is 244 g/mol. The van der Waals surface area contributed by atoms with Crippen LogP contribution in [0.5, 0.6) is 5.75 Å². The average molecular weight is 244 g/mol. The summed E-state index contributed by atoms with van der Waals surface area (Å²) in [5, 5.41) is 11.3. The highest BCUT2D eigenvalue weighted by Crippen LogP contribution is 2.36. The second-order valence-corrected chi connectivity index (χ2v) is 3.27. The predicted molar refractivity (Wildman–Crippen MR) is 55.6 cm³/mol. The van der Waals surface area contributed by atoms with Gasteiger partial charge in [0, 0.05) is 6.54 Å². The van der Waals surface area contributed by atoms with Gasteiger partial charge in [0.2, 0.25) is 0 Å². The van der Waals surface area contributed by atoms with Gasteiger partial charge in [-0.05, 0) is 25.2 Å². The van der Waals surface area contributed by atoms with E-state index in [2.05, 4.69) is 5.32 Å². The Morgan fingerprint density at radius 1 is 1.41 bits per heavy atom. The third kappa shape index (κ3) is 3.64. The van der Waals surface area contributed by atoms with Gasteiger partial charge < -0.3 is 10.1 Å². The van der Waals surface area contributed by atoms with Crippen molar-refractivity contribution in [2.24, 2.45) is 0 Å². The maximum absolute atomic E-state index is 12.7. The molecule has 0 unspecified atom stereocenters. The fourth-order valence-corrected chi connectivity index (χ4v) is 1.21. The predicted octanol–water partition coefficient (Wildman–Crippen LogP) is 2.18. The summed E-state index contributed by atoms with van der Waals surface area (Å²) in [5.74, 6) is -0.258. The Labute approximate surface area is 96.8 Å². The lowest BCUT2D eigenvalue weighted by molar-refractivity contribution is -0.138. The Morgan fingerprint density at radius 2 is 2.12 bits per heavy atom. The van der Waals surface area contributed by atoms with Crippen molar-refractivity contribution in [2.45, 2.75) is 6.18 Å². The SMILES string of the molecule is CNCCOc1ccc(C#N)cc1C(F)(F)F. The zero-order chi connectivity index (χ0) is 12.9. The number of likely N-dealkylation sites (N-methyl/N-ethyl adjacent to an activating group) is 1. The molecule has 3 nitrogen and oxygen atoms in total. The number of hydrogen-bond donors (Lipinski definition) is 1. The zero-order valence-corrected chi connectivity index (χ0v) is 9.14. The summed E-state index contributed by atoms with van der Waals surface area (Å²) in [6.07, 6.45) is -4.53. The first-order chi connectivity index (χ1) is 7.99. The third-order valence-corrected chi connectivity index (χ3v) is 2.02. The smallest absolute Gasteiger partial charge is 0.420 e. The summed E-state index contributed by atoms with van der Waals surface area (Å²) < 4.78 is 43.0. The number of rotatable bonds is 4. The first kappa shape index (κ1) is 13.3. The van der Waals surface area contributed by atoms with E-state index in [9.17, 15) is 13.2 Å². The van der Waals surface area contributed by atoms with Crippen molar-refractivity contribution >= 4 is 0 Å². The van der Waals surface area contributed by atoms with E-state index >= 15 is 0 Å². The second-order valence-electron chi connectivity index (χ2n) is 3.27. The van der Waals surface area contributed by atoms with Gasteiger partial charge in [-0.2, -0.15) is 18.4 Å². The second kappa shape index (κ2) is 5.55. The molecule has 0 amide bonds. The van der Waals surface area contributed by atoms with Crippen LogP contribution in [0.25, 0.3) is 0 Å². The first-order valence-electron chi connectivity index (χ1n) is 4.87. The molecule has 1 rings (SSSR count). The molecule has 92 valence electrons. The minimum Gasteiger partial charge on any atom is -0.492 e. The van der Waals surface area contributed by atoms with Gasteiger partial charge in [-0.3, -0.25) is 0 Å². The Morgan fingerprint density at radius 3 is 2.65 bits per heavy atom. The highest BCUT2D eigenvalue weighted by Gasteiger charge is 2.34. The standard InChI is InChI=1S/C11H11F3N2O/c1-16-4-5-17-10-3-2-8(7-15)6-9(10)11(12,13)14/h2-3,6,16H,4-5H2,1H3. The van der Waals surface area contributed by atoms with Crippen molar-refractivity contribution in [3.8, 4) is 11.8 Å². The van der Waals surface area contributed by atoms with Gasteiger partial charge >= 0.3 is 6.18 Å². The number of nitriles is 1. The van der Waals surface area contributed by atoms with E-state index in [1.165, 1.54) is 6.07 Å². The van der Waals surface area contributed by atoms with Crippen molar-refractivity contribution in [1.82, 2.24) is 5.32 Å². The molecule has 0 saturated carbocycles. The molecule has 0 aromatic heterocycles. The number of nitrogens with zero attached hydrogens (tertiary/aromatic N) is 1. The number of nitrogens with one attached hydrogen (secondary N) is 1. The summed E-state index contributed by atoms with van der Waals surface area (Å²) in [6, 6.07) is 4.91.